The number of nitrogens with zero attached hydrogens (tertiary/aromatic N) is 2. The summed E-state index contributed by atoms with van der Waals surface area (Å²) in [7, 11) is 0. The van der Waals surface area contributed by atoms with Gasteiger partial charge in [0.05, 0.1) is 5.75 Å². The largest absolute Gasteiger partial charge is 0.435 e. The Morgan fingerprint density at radius 3 is 2.65 bits per heavy atom. The molecule has 0 aliphatic carbocycles. The number of rotatable bonds is 7. The molecule has 26 heavy (non-hydrogen) atoms. The highest BCUT2D eigenvalue weighted by Gasteiger charge is 2.13. The van der Waals surface area contributed by atoms with Crippen LogP contribution in [0.4, 0.5) is 8.78 Å². The van der Waals surface area contributed by atoms with Crippen molar-refractivity contribution in [1.29, 1.82) is 0 Å². The molecule has 1 aromatic heterocycles. The minimum absolute atomic E-state index is 0.00361. The predicted octanol–water partition coefficient (Wildman–Crippen LogP) is 4.62. The van der Waals surface area contributed by atoms with E-state index < -0.39 is 6.61 Å². The molecule has 0 saturated heterocycles. The Kier molecular flexibility index (Phi) is 5.62. The van der Waals surface area contributed by atoms with Crippen molar-refractivity contribution in [1.82, 2.24) is 10.2 Å². The molecule has 0 radical (unpaired) electrons. The molecule has 0 N–H and O–H groups in total. The lowest BCUT2D eigenvalue weighted by Gasteiger charge is -2.04. The molecule has 0 aliphatic rings. The normalized spacial score (nSPS) is 10.9. The molecule has 0 saturated carbocycles. The molecule has 0 unspecified atom stereocenters. The standard InChI is InChI=1S/C18H14F2N2O3S/c1-11-3-2-4-13(9-11)16-21-22-18(25-16)26-10-15(23)12-5-7-14(8-6-12)24-17(19)20/h2-9,17H,10H2,1H3. The maximum Gasteiger partial charge on any atom is 0.387 e. The Balaban J connectivity index is 1.59. The number of carbonyl (C=O) groups is 1. The number of carbonyl (C=O) groups excluding carboxylic acids is 1. The fraction of sp³-hybridized carbons (Fsp3) is 0.167. The third-order valence-corrected chi connectivity index (χ3v) is 4.22. The molecule has 134 valence electrons. The van der Waals surface area contributed by atoms with Crippen molar-refractivity contribution in [3.8, 4) is 17.2 Å². The summed E-state index contributed by atoms with van der Waals surface area (Å²) in [6, 6.07) is 13.2. The molecule has 0 spiro atoms. The number of ether oxygens (including phenoxy) is 1. The van der Waals surface area contributed by atoms with E-state index in [4.69, 9.17) is 4.42 Å². The molecule has 1 heterocycles. The van der Waals surface area contributed by atoms with E-state index in [0.717, 1.165) is 22.9 Å². The number of alkyl halides is 2. The predicted molar refractivity (Wildman–Crippen MR) is 92.6 cm³/mol. The number of aromatic nitrogens is 2. The molecule has 0 bridgehead atoms. The summed E-state index contributed by atoms with van der Waals surface area (Å²) in [5, 5.41) is 8.19. The van der Waals surface area contributed by atoms with Crippen LogP contribution in [0.25, 0.3) is 11.5 Å². The zero-order valence-electron chi connectivity index (χ0n) is 13.7. The van der Waals surface area contributed by atoms with Gasteiger partial charge in [-0.1, -0.05) is 29.5 Å². The van der Waals surface area contributed by atoms with Crippen molar-refractivity contribution in [2.45, 2.75) is 18.8 Å². The molecule has 3 rings (SSSR count). The smallest absolute Gasteiger partial charge is 0.387 e. The zero-order chi connectivity index (χ0) is 18.5. The average Bonchev–Trinajstić information content (AvgIpc) is 3.09. The van der Waals surface area contributed by atoms with Gasteiger partial charge < -0.3 is 9.15 Å². The number of ketones is 1. The maximum atomic E-state index is 12.2. The average molecular weight is 376 g/mol. The molecule has 3 aromatic rings. The second kappa shape index (κ2) is 8.09. The Morgan fingerprint density at radius 2 is 1.96 bits per heavy atom. The van der Waals surface area contributed by atoms with E-state index in [1.807, 2.05) is 31.2 Å². The van der Waals surface area contributed by atoms with Gasteiger partial charge in [0.25, 0.3) is 5.22 Å². The summed E-state index contributed by atoms with van der Waals surface area (Å²) in [5.41, 5.74) is 2.27. The first-order chi connectivity index (χ1) is 12.5. The second-order valence-electron chi connectivity index (χ2n) is 5.36. The Labute approximate surface area is 152 Å². The van der Waals surface area contributed by atoms with Gasteiger partial charge in [-0.2, -0.15) is 8.78 Å². The molecule has 8 heteroatoms. The van der Waals surface area contributed by atoms with Gasteiger partial charge >= 0.3 is 6.61 Å². The topological polar surface area (TPSA) is 65.2 Å². The summed E-state index contributed by atoms with van der Waals surface area (Å²) < 4.78 is 34.0. The van der Waals surface area contributed by atoms with Crippen LogP contribution in [0, 0.1) is 6.92 Å². The van der Waals surface area contributed by atoms with Crippen LogP contribution >= 0.6 is 11.8 Å². The fourth-order valence-corrected chi connectivity index (χ4v) is 2.85. The van der Waals surface area contributed by atoms with Gasteiger partial charge in [-0.15, -0.1) is 10.2 Å². The molecule has 0 amide bonds. The van der Waals surface area contributed by atoms with Crippen LogP contribution in [0.1, 0.15) is 15.9 Å². The van der Waals surface area contributed by atoms with Gasteiger partial charge in [0, 0.05) is 11.1 Å². The summed E-state index contributed by atoms with van der Waals surface area (Å²) in [6.07, 6.45) is 0. The summed E-state index contributed by atoms with van der Waals surface area (Å²) in [6.45, 7) is -0.932. The first-order valence-electron chi connectivity index (χ1n) is 7.62. The molecule has 2 aromatic carbocycles. The number of halogens is 2. The molecule has 0 aliphatic heterocycles. The fourth-order valence-electron chi connectivity index (χ4n) is 2.20. The van der Waals surface area contributed by atoms with Crippen molar-refractivity contribution >= 4 is 17.5 Å². The highest BCUT2D eigenvalue weighted by Crippen LogP contribution is 2.24. The van der Waals surface area contributed by atoms with Crippen LogP contribution in [-0.4, -0.2) is 28.3 Å². The van der Waals surface area contributed by atoms with Crippen LogP contribution in [-0.2, 0) is 0 Å². The van der Waals surface area contributed by atoms with Crippen LogP contribution < -0.4 is 4.74 Å². The van der Waals surface area contributed by atoms with E-state index in [1.54, 1.807) is 0 Å². The number of hydrogen-bond donors (Lipinski definition) is 0. The van der Waals surface area contributed by atoms with Gasteiger partial charge in [-0.3, -0.25) is 4.79 Å². The van der Waals surface area contributed by atoms with Crippen LogP contribution in [0.2, 0.25) is 0 Å². The summed E-state index contributed by atoms with van der Waals surface area (Å²) in [4.78, 5) is 12.2. The van der Waals surface area contributed by atoms with E-state index in [0.29, 0.717) is 11.5 Å². The summed E-state index contributed by atoms with van der Waals surface area (Å²) >= 11 is 1.12. The van der Waals surface area contributed by atoms with Crippen molar-refractivity contribution in [2.24, 2.45) is 0 Å². The molecule has 0 fully saturated rings. The number of aryl methyl sites for hydroxylation is 1. The lowest BCUT2D eigenvalue weighted by Crippen LogP contribution is -2.04. The molecular formula is C18H14F2N2O3S. The highest BCUT2D eigenvalue weighted by atomic mass is 32.2. The van der Waals surface area contributed by atoms with E-state index in [9.17, 15) is 13.6 Å². The van der Waals surface area contributed by atoms with Crippen molar-refractivity contribution in [3.63, 3.8) is 0 Å². The van der Waals surface area contributed by atoms with Gasteiger partial charge in [-0.05, 0) is 43.3 Å². The van der Waals surface area contributed by atoms with Gasteiger partial charge in [-0.25, -0.2) is 0 Å². The van der Waals surface area contributed by atoms with E-state index in [1.165, 1.54) is 24.3 Å². The van der Waals surface area contributed by atoms with Gasteiger partial charge in [0.1, 0.15) is 5.75 Å². The second-order valence-corrected chi connectivity index (χ2v) is 6.28. The third-order valence-electron chi connectivity index (χ3n) is 3.40. The number of hydrogen-bond acceptors (Lipinski definition) is 6. The molecule has 0 atom stereocenters. The van der Waals surface area contributed by atoms with E-state index in [-0.39, 0.29) is 22.5 Å². The SMILES string of the molecule is Cc1cccc(-c2nnc(SCC(=O)c3ccc(OC(F)F)cc3)o2)c1. The monoisotopic (exact) mass is 376 g/mol. The van der Waals surface area contributed by atoms with Gasteiger partial charge in [0.2, 0.25) is 5.89 Å². The minimum atomic E-state index is -2.90. The zero-order valence-corrected chi connectivity index (χ0v) is 14.5. The quantitative estimate of drug-likeness (QED) is 0.443. The first-order valence-corrected chi connectivity index (χ1v) is 8.61. The minimum Gasteiger partial charge on any atom is -0.435 e. The lowest BCUT2D eigenvalue weighted by atomic mass is 10.1. The Hall–Kier alpha value is -2.74. The summed E-state index contributed by atoms with van der Waals surface area (Å²) in [5.74, 6) is 0.291. The number of thioether (sulfide) groups is 1. The van der Waals surface area contributed by atoms with E-state index in [2.05, 4.69) is 14.9 Å². The van der Waals surface area contributed by atoms with Crippen molar-refractivity contribution < 1.29 is 22.7 Å². The molecular weight excluding hydrogens is 362 g/mol. The number of benzene rings is 2. The maximum absolute atomic E-state index is 12.2. The molecule has 5 nitrogen and oxygen atoms in total. The Bertz CT molecular complexity index is 897. The highest BCUT2D eigenvalue weighted by molar-refractivity contribution is 7.99. The van der Waals surface area contributed by atoms with Crippen molar-refractivity contribution in [3.05, 3.63) is 59.7 Å². The third kappa shape index (κ3) is 4.66. The lowest BCUT2D eigenvalue weighted by molar-refractivity contribution is -0.0498. The van der Waals surface area contributed by atoms with Crippen LogP contribution in [0.15, 0.2) is 58.2 Å². The van der Waals surface area contributed by atoms with E-state index >= 15 is 0 Å². The number of Topliss-reactive ketones (excluding diaryl/α,β-unsaturated/α-hetero) is 1. The van der Waals surface area contributed by atoms with Crippen molar-refractivity contribution in [2.75, 3.05) is 5.75 Å². The van der Waals surface area contributed by atoms with Crippen LogP contribution in [0.5, 0.6) is 5.75 Å². The Morgan fingerprint density at radius 1 is 1.19 bits per heavy atom. The van der Waals surface area contributed by atoms with Crippen LogP contribution in [0.3, 0.4) is 0 Å². The first kappa shape index (κ1) is 18.1. The van der Waals surface area contributed by atoms with Gasteiger partial charge in [0.15, 0.2) is 5.78 Å².